The third-order valence-corrected chi connectivity index (χ3v) is 4.63. The highest BCUT2D eigenvalue weighted by molar-refractivity contribution is 6.33. The van der Waals surface area contributed by atoms with Gasteiger partial charge in [0.05, 0.1) is 0 Å². The van der Waals surface area contributed by atoms with E-state index < -0.39 is 0 Å². The zero-order valence-electron chi connectivity index (χ0n) is 11.0. The van der Waals surface area contributed by atoms with Gasteiger partial charge >= 0.3 is 0 Å². The Bertz CT molecular complexity index is 405. The minimum Gasteiger partial charge on any atom is -0.313 e. The molecule has 3 heteroatoms. The van der Waals surface area contributed by atoms with E-state index in [-0.39, 0.29) is 0 Å². The van der Waals surface area contributed by atoms with Crippen molar-refractivity contribution in [1.82, 2.24) is 5.32 Å². The lowest BCUT2D eigenvalue weighted by atomic mass is 9.77. The Morgan fingerprint density at radius 2 is 2.06 bits per heavy atom. The van der Waals surface area contributed by atoms with E-state index in [0.717, 1.165) is 21.5 Å². The van der Waals surface area contributed by atoms with Gasteiger partial charge in [0.2, 0.25) is 0 Å². The molecule has 0 aliphatic heterocycles. The molecule has 2 rings (SSSR count). The molecule has 0 heterocycles. The molecule has 1 fully saturated rings. The molecule has 0 spiro atoms. The molecule has 18 heavy (non-hydrogen) atoms. The molecule has 3 unspecified atom stereocenters. The average Bonchev–Trinajstić information content (AvgIpc) is 2.35. The number of rotatable bonds is 3. The summed E-state index contributed by atoms with van der Waals surface area (Å²) in [5.74, 6) is 1.48. The van der Waals surface area contributed by atoms with Gasteiger partial charge in [-0.3, -0.25) is 0 Å². The topological polar surface area (TPSA) is 12.0 Å². The second kappa shape index (κ2) is 6.27. The van der Waals surface area contributed by atoms with Gasteiger partial charge in [0, 0.05) is 16.1 Å². The van der Waals surface area contributed by atoms with E-state index >= 15 is 0 Å². The zero-order chi connectivity index (χ0) is 13.1. The first-order chi connectivity index (χ1) is 8.61. The van der Waals surface area contributed by atoms with Crippen molar-refractivity contribution >= 4 is 23.2 Å². The van der Waals surface area contributed by atoms with Crippen LogP contribution < -0.4 is 5.32 Å². The molecule has 1 aromatic rings. The molecule has 0 saturated heterocycles. The molecule has 1 aliphatic rings. The van der Waals surface area contributed by atoms with E-state index in [1.807, 2.05) is 25.2 Å². The number of hydrogen-bond donors (Lipinski definition) is 1. The zero-order valence-corrected chi connectivity index (χ0v) is 12.6. The summed E-state index contributed by atoms with van der Waals surface area (Å²) in [7, 11) is 2.02. The summed E-state index contributed by atoms with van der Waals surface area (Å²) in [5.41, 5.74) is 1.14. The van der Waals surface area contributed by atoms with Gasteiger partial charge in [0.25, 0.3) is 0 Å². The maximum atomic E-state index is 6.33. The smallest absolute Gasteiger partial charge is 0.0454 e. The lowest BCUT2D eigenvalue weighted by molar-refractivity contribution is 0.230. The predicted molar refractivity (Wildman–Crippen MR) is 79.4 cm³/mol. The predicted octanol–water partition coefficient (Wildman–Crippen LogP) is 5.08. The summed E-state index contributed by atoms with van der Waals surface area (Å²) in [4.78, 5) is 0. The molecule has 0 radical (unpaired) electrons. The van der Waals surface area contributed by atoms with Gasteiger partial charge in [-0.2, -0.15) is 0 Å². The van der Waals surface area contributed by atoms with Crippen LogP contribution in [0.3, 0.4) is 0 Å². The van der Waals surface area contributed by atoms with E-state index in [2.05, 4.69) is 12.2 Å². The standard InChI is InChI=1S/C15H21Cl2N/c1-10-4-3-5-11(8-10)15(18-2)13-9-12(16)6-7-14(13)17/h6-7,9-11,15,18H,3-5,8H2,1-2H3. The van der Waals surface area contributed by atoms with E-state index in [4.69, 9.17) is 23.2 Å². The SMILES string of the molecule is CNC(c1cc(Cl)ccc1Cl)C1CCCC(C)C1. The third kappa shape index (κ3) is 3.20. The Hall–Kier alpha value is -0.240. The van der Waals surface area contributed by atoms with Crippen molar-refractivity contribution in [1.29, 1.82) is 0 Å². The highest BCUT2D eigenvalue weighted by Crippen LogP contribution is 2.39. The highest BCUT2D eigenvalue weighted by atomic mass is 35.5. The Morgan fingerprint density at radius 3 is 2.72 bits per heavy atom. The largest absolute Gasteiger partial charge is 0.313 e. The number of nitrogens with one attached hydrogen (secondary N) is 1. The second-order valence-corrected chi connectivity index (χ2v) is 6.31. The fourth-order valence-electron chi connectivity index (χ4n) is 3.18. The molecule has 1 aliphatic carbocycles. The van der Waals surface area contributed by atoms with Gasteiger partial charge in [0.1, 0.15) is 0 Å². The molecule has 1 nitrogen and oxygen atoms in total. The van der Waals surface area contributed by atoms with Crippen LogP contribution in [0, 0.1) is 11.8 Å². The monoisotopic (exact) mass is 285 g/mol. The summed E-state index contributed by atoms with van der Waals surface area (Å²) in [6.45, 7) is 2.35. The van der Waals surface area contributed by atoms with E-state index in [1.54, 1.807) is 0 Å². The average molecular weight is 286 g/mol. The van der Waals surface area contributed by atoms with Crippen molar-refractivity contribution in [2.24, 2.45) is 11.8 Å². The minimum absolute atomic E-state index is 0.318. The van der Waals surface area contributed by atoms with Crippen LogP contribution in [0.5, 0.6) is 0 Å². The van der Waals surface area contributed by atoms with Gasteiger partial charge in [-0.1, -0.05) is 43.0 Å². The van der Waals surface area contributed by atoms with Crippen molar-refractivity contribution < 1.29 is 0 Å². The Labute approximate surface area is 120 Å². The van der Waals surface area contributed by atoms with Crippen molar-refractivity contribution in [3.05, 3.63) is 33.8 Å². The summed E-state index contributed by atoms with van der Waals surface area (Å²) < 4.78 is 0. The van der Waals surface area contributed by atoms with Gasteiger partial charge < -0.3 is 5.32 Å². The van der Waals surface area contributed by atoms with Crippen LogP contribution in [0.4, 0.5) is 0 Å². The lowest BCUT2D eigenvalue weighted by Gasteiger charge is -2.34. The highest BCUT2D eigenvalue weighted by Gasteiger charge is 2.28. The van der Waals surface area contributed by atoms with Crippen molar-refractivity contribution in [2.45, 2.75) is 38.6 Å². The van der Waals surface area contributed by atoms with Crippen LogP contribution >= 0.6 is 23.2 Å². The molecule has 1 saturated carbocycles. The van der Waals surface area contributed by atoms with Crippen LogP contribution in [-0.4, -0.2) is 7.05 Å². The summed E-state index contributed by atoms with van der Waals surface area (Å²) in [6.07, 6.45) is 5.23. The van der Waals surface area contributed by atoms with Crippen molar-refractivity contribution in [2.75, 3.05) is 7.05 Å². The van der Waals surface area contributed by atoms with Crippen LogP contribution in [-0.2, 0) is 0 Å². The first-order valence-electron chi connectivity index (χ1n) is 6.74. The molecular weight excluding hydrogens is 265 g/mol. The first kappa shape index (κ1) is 14.2. The molecule has 0 bridgehead atoms. The van der Waals surface area contributed by atoms with E-state index in [9.17, 15) is 0 Å². The third-order valence-electron chi connectivity index (χ3n) is 4.05. The van der Waals surface area contributed by atoms with Crippen molar-refractivity contribution in [3.63, 3.8) is 0 Å². The summed E-state index contributed by atoms with van der Waals surface area (Å²) in [5, 5.41) is 5.01. The van der Waals surface area contributed by atoms with Crippen LogP contribution in [0.25, 0.3) is 0 Å². The van der Waals surface area contributed by atoms with Crippen molar-refractivity contribution in [3.8, 4) is 0 Å². The maximum Gasteiger partial charge on any atom is 0.0454 e. The van der Waals surface area contributed by atoms with E-state index in [1.165, 1.54) is 25.7 Å². The van der Waals surface area contributed by atoms with E-state index in [0.29, 0.717) is 12.0 Å². The number of benzene rings is 1. The fraction of sp³-hybridized carbons (Fsp3) is 0.600. The quantitative estimate of drug-likeness (QED) is 0.817. The molecule has 1 aromatic carbocycles. The lowest BCUT2D eigenvalue weighted by Crippen LogP contribution is -2.29. The van der Waals surface area contributed by atoms with Gasteiger partial charge in [0.15, 0.2) is 0 Å². The second-order valence-electron chi connectivity index (χ2n) is 5.46. The Balaban J connectivity index is 2.24. The fourth-order valence-corrected chi connectivity index (χ4v) is 3.60. The van der Waals surface area contributed by atoms with Crippen LogP contribution in [0.1, 0.15) is 44.2 Å². The van der Waals surface area contributed by atoms with Gasteiger partial charge in [-0.05, 0) is 55.5 Å². The summed E-state index contributed by atoms with van der Waals surface area (Å²) in [6, 6.07) is 6.07. The molecule has 100 valence electrons. The Kier molecular flexibility index (Phi) is 4.94. The first-order valence-corrected chi connectivity index (χ1v) is 7.49. The summed E-state index contributed by atoms with van der Waals surface area (Å²) >= 11 is 12.4. The van der Waals surface area contributed by atoms with Gasteiger partial charge in [-0.25, -0.2) is 0 Å². The number of hydrogen-bond acceptors (Lipinski definition) is 1. The number of halogens is 2. The Morgan fingerprint density at radius 1 is 1.28 bits per heavy atom. The molecule has 0 aromatic heterocycles. The molecule has 1 N–H and O–H groups in total. The van der Waals surface area contributed by atoms with Gasteiger partial charge in [-0.15, -0.1) is 0 Å². The maximum absolute atomic E-state index is 6.33. The molecular formula is C15H21Cl2N. The van der Waals surface area contributed by atoms with Crippen LogP contribution in [0.2, 0.25) is 10.0 Å². The normalized spacial score (nSPS) is 26.0. The minimum atomic E-state index is 0.318. The van der Waals surface area contributed by atoms with Crippen LogP contribution in [0.15, 0.2) is 18.2 Å². The molecule has 3 atom stereocenters. The molecule has 0 amide bonds.